The van der Waals surface area contributed by atoms with Crippen molar-refractivity contribution in [2.24, 2.45) is 0 Å². The predicted molar refractivity (Wildman–Crippen MR) is 97.5 cm³/mol. The first-order valence-corrected chi connectivity index (χ1v) is 8.28. The normalized spacial score (nSPS) is 10.7. The molecule has 6 nitrogen and oxygen atoms in total. The lowest BCUT2D eigenvalue weighted by molar-refractivity contribution is -0.116. The van der Waals surface area contributed by atoms with Crippen molar-refractivity contribution in [3.63, 3.8) is 0 Å². The van der Waals surface area contributed by atoms with E-state index in [1.54, 1.807) is 24.7 Å². The van der Waals surface area contributed by atoms with Crippen LogP contribution in [0, 0.1) is 13.8 Å². The van der Waals surface area contributed by atoms with Gasteiger partial charge in [-0.1, -0.05) is 17.7 Å². The van der Waals surface area contributed by atoms with Gasteiger partial charge in [0.05, 0.1) is 5.69 Å². The van der Waals surface area contributed by atoms with Gasteiger partial charge in [-0.3, -0.25) is 14.9 Å². The summed E-state index contributed by atoms with van der Waals surface area (Å²) in [5.41, 5.74) is 4.81. The van der Waals surface area contributed by atoms with Crippen molar-refractivity contribution in [2.75, 3.05) is 5.32 Å². The Balaban J connectivity index is 1.66. The zero-order valence-corrected chi connectivity index (χ0v) is 14.8. The van der Waals surface area contributed by atoms with Crippen molar-refractivity contribution >= 4 is 23.3 Å². The number of nitrogens with one attached hydrogen (secondary N) is 2. The SMILES string of the molecule is Cc1cnccc1-c1[nH]nc(NC(=O)CCc2ccc(Cl)nc2)c1C. The Kier molecular flexibility index (Phi) is 5.09. The van der Waals surface area contributed by atoms with Crippen LogP contribution >= 0.6 is 11.6 Å². The molecule has 0 saturated carbocycles. The molecule has 0 aliphatic heterocycles. The first-order valence-electron chi connectivity index (χ1n) is 7.91. The fraction of sp³-hybridized carbons (Fsp3) is 0.222. The van der Waals surface area contributed by atoms with E-state index in [9.17, 15) is 4.79 Å². The van der Waals surface area contributed by atoms with Gasteiger partial charge in [-0.2, -0.15) is 5.10 Å². The van der Waals surface area contributed by atoms with Crippen LogP contribution in [0.25, 0.3) is 11.3 Å². The van der Waals surface area contributed by atoms with E-state index >= 15 is 0 Å². The van der Waals surface area contributed by atoms with Gasteiger partial charge >= 0.3 is 0 Å². The number of carbonyl (C=O) groups excluding carboxylic acids is 1. The molecule has 3 aromatic heterocycles. The number of amides is 1. The number of carbonyl (C=O) groups is 1. The molecule has 1 amide bonds. The summed E-state index contributed by atoms with van der Waals surface area (Å²) >= 11 is 5.76. The van der Waals surface area contributed by atoms with Crippen molar-refractivity contribution in [3.8, 4) is 11.3 Å². The van der Waals surface area contributed by atoms with E-state index in [0.717, 1.165) is 27.9 Å². The molecule has 0 spiro atoms. The quantitative estimate of drug-likeness (QED) is 0.683. The molecule has 0 radical (unpaired) electrons. The highest BCUT2D eigenvalue weighted by molar-refractivity contribution is 6.29. The molecule has 0 fully saturated rings. The van der Waals surface area contributed by atoms with E-state index in [0.29, 0.717) is 23.8 Å². The third kappa shape index (κ3) is 4.03. The second-order valence-electron chi connectivity index (χ2n) is 5.80. The van der Waals surface area contributed by atoms with Crippen LogP contribution < -0.4 is 5.32 Å². The van der Waals surface area contributed by atoms with Crippen LogP contribution in [0.1, 0.15) is 23.1 Å². The van der Waals surface area contributed by atoms with Crippen LogP contribution in [0.2, 0.25) is 5.15 Å². The van der Waals surface area contributed by atoms with Crippen LogP contribution in [0.5, 0.6) is 0 Å². The Morgan fingerprint density at radius 3 is 2.80 bits per heavy atom. The van der Waals surface area contributed by atoms with E-state index in [2.05, 4.69) is 25.5 Å². The van der Waals surface area contributed by atoms with Crippen molar-refractivity contribution < 1.29 is 4.79 Å². The minimum Gasteiger partial charge on any atom is -0.309 e. The van der Waals surface area contributed by atoms with Gasteiger partial charge in [0, 0.05) is 36.1 Å². The molecule has 3 heterocycles. The number of aromatic amines is 1. The molecule has 128 valence electrons. The van der Waals surface area contributed by atoms with E-state index in [-0.39, 0.29) is 5.91 Å². The first-order chi connectivity index (χ1) is 12.0. The topological polar surface area (TPSA) is 83.6 Å². The summed E-state index contributed by atoms with van der Waals surface area (Å²) in [4.78, 5) is 20.3. The van der Waals surface area contributed by atoms with Gasteiger partial charge in [-0.15, -0.1) is 0 Å². The van der Waals surface area contributed by atoms with Gasteiger partial charge in [0.15, 0.2) is 5.82 Å². The van der Waals surface area contributed by atoms with Crippen LogP contribution in [-0.4, -0.2) is 26.1 Å². The lowest BCUT2D eigenvalue weighted by atomic mass is 10.1. The highest BCUT2D eigenvalue weighted by Crippen LogP contribution is 2.27. The van der Waals surface area contributed by atoms with Crippen molar-refractivity contribution in [2.45, 2.75) is 26.7 Å². The average molecular weight is 356 g/mol. The van der Waals surface area contributed by atoms with Gasteiger partial charge in [0.1, 0.15) is 5.15 Å². The Labute approximate surface area is 150 Å². The summed E-state index contributed by atoms with van der Waals surface area (Å²) in [7, 11) is 0. The molecule has 25 heavy (non-hydrogen) atoms. The van der Waals surface area contributed by atoms with E-state index < -0.39 is 0 Å². The van der Waals surface area contributed by atoms with Gasteiger partial charge in [-0.25, -0.2) is 4.98 Å². The van der Waals surface area contributed by atoms with Gasteiger partial charge in [0.2, 0.25) is 5.91 Å². The van der Waals surface area contributed by atoms with Crippen LogP contribution in [0.4, 0.5) is 5.82 Å². The number of hydrogen-bond acceptors (Lipinski definition) is 4. The number of H-pyrrole nitrogens is 1. The zero-order chi connectivity index (χ0) is 17.8. The molecule has 0 bridgehead atoms. The minimum absolute atomic E-state index is 0.0949. The third-order valence-electron chi connectivity index (χ3n) is 3.99. The molecular weight excluding hydrogens is 338 g/mol. The monoisotopic (exact) mass is 355 g/mol. The zero-order valence-electron chi connectivity index (χ0n) is 14.0. The summed E-state index contributed by atoms with van der Waals surface area (Å²) in [6.07, 6.45) is 6.16. The maximum absolute atomic E-state index is 12.2. The Morgan fingerprint density at radius 2 is 2.08 bits per heavy atom. The van der Waals surface area contributed by atoms with Gasteiger partial charge in [0.25, 0.3) is 0 Å². The number of rotatable bonds is 5. The van der Waals surface area contributed by atoms with Crippen LogP contribution in [-0.2, 0) is 11.2 Å². The Bertz CT molecular complexity index is 889. The molecule has 0 atom stereocenters. The fourth-order valence-electron chi connectivity index (χ4n) is 2.54. The number of anilines is 1. The number of hydrogen-bond donors (Lipinski definition) is 2. The number of aromatic nitrogens is 4. The third-order valence-corrected chi connectivity index (χ3v) is 4.21. The molecular formula is C18H18ClN5O. The molecule has 3 aromatic rings. The van der Waals surface area contributed by atoms with Crippen LogP contribution in [0.3, 0.4) is 0 Å². The van der Waals surface area contributed by atoms with E-state index in [4.69, 9.17) is 11.6 Å². The molecule has 0 aromatic carbocycles. The highest BCUT2D eigenvalue weighted by atomic mass is 35.5. The maximum Gasteiger partial charge on any atom is 0.225 e. The molecule has 3 rings (SSSR count). The fourth-order valence-corrected chi connectivity index (χ4v) is 2.65. The van der Waals surface area contributed by atoms with E-state index in [1.165, 1.54) is 0 Å². The summed E-state index contributed by atoms with van der Waals surface area (Å²) in [6.45, 7) is 3.92. The number of pyridine rings is 2. The predicted octanol–water partition coefficient (Wildman–Crippen LogP) is 3.71. The second-order valence-corrected chi connectivity index (χ2v) is 6.19. The minimum atomic E-state index is -0.0949. The highest BCUT2D eigenvalue weighted by Gasteiger charge is 2.14. The first kappa shape index (κ1) is 17.1. The maximum atomic E-state index is 12.2. The Morgan fingerprint density at radius 1 is 1.24 bits per heavy atom. The summed E-state index contributed by atoms with van der Waals surface area (Å²) < 4.78 is 0. The van der Waals surface area contributed by atoms with Gasteiger partial charge < -0.3 is 5.32 Å². The standard InChI is InChI=1S/C18H18ClN5O/c1-11-9-20-8-7-14(11)17-12(2)18(24-23-17)22-16(25)6-4-13-3-5-15(19)21-10-13/h3,5,7-10H,4,6H2,1-2H3,(H2,22,23,24,25). The number of halogens is 1. The summed E-state index contributed by atoms with van der Waals surface area (Å²) in [5, 5.41) is 10.5. The number of aryl methyl sites for hydroxylation is 2. The summed E-state index contributed by atoms with van der Waals surface area (Å²) in [5.74, 6) is 0.452. The van der Waals surface area contributed by atoms with Crippen molar-refractivity contribution in [1.29, 1.82) is 0 Å². The van der Waals surface area contributed by atoms with E-state index in [1.807, 2.05) is 26.0 Å². The molecule has 0 saturated heterocycles. The molecule has 0 aliphatic rings. The lowest BCUT2D eigenvalue weighted by Crippen LogP contribution is -2.13. The second kappa shape index (κ2) is 7.44. The molecule has 2 N–H and O–H groups in total. The average Bonchev–Trinajstić information content (AvgIpc) is 2.95. The molecule has 7 heteroatoms. The smallest absolute Gasteiger partial charge is 0.225 e. The molecule has 0 aliphatic carbocycles. The largest absolute Gasteiger partial charge is 0.309 e. The number of nitrogens with zero attached hydrogens (tertiary/aromatic N) is 3. The lowest BCUT2D eigenvalue weighted by Gasteiger charge is -2.05. The van der Waals surface area contributed by atoms with Crippen molar-refractivity contribution in [3.05, 3.63) is 58.6 Å². The van der Waals surface area contributed by atoms with Crippen molar-refractivity contribution in [1.82, 2.24) is 20.2 Å². The van der Waals surface area contributed by atoms with Crippen LogP contribution in [0.15, 0.2) is 36.8 Å². The summed E-state index contributed by atoms with van der Waals surface area (Å²) in [6, 6.07) is 5.51. The molecule has 0 unspecified atom stereocenters. The van der Waals surface area contributed by atoms with Gasteiger partial charge in [-0.05, 0) is 43.5 Å². The Hall–Kier alpha value is -2.73.